The SMILES string of the molecule is CCc1nnsc1C(=O)NCc1ccc(CN2CCCC2)cc1. The number of aryl methyl sites for hydroxylation is 1. The van der Waals surface area contributed by atoms with Crippen molar-refractivity contribution in [1.29, 1.82) is 0 Å². The van der Waals surface area contributed by atoms with Crippen molar-refractivity contribution in [3.63, 3.8) is 0 Å². The third-order valence-electron chi connectivity index (χ3n) is 4.18. The first-order valence-corrected chi connectivity index (χ1v) is 8.93. The molecular formula is C17H22N4OS. The number of benzene rings is 1. The molecule has 1 aromatic heterocycles. The molecule has 2 heterocycles. The van der Waals surface area contributed by atoms with Crippen LogP contribution < -0.4 is 5.32 Å². The van der Waals surface area contributed by atoms with E-state index < -0.39 is 0 Å². The van der Waals surface area contributed by atoms with Crippen molar-refractivity contribution in [3.8, 4) is 0 Å². The second-order valence-electron chi connectivity index (χ2n) is 5.88. The standard InChI is InChI=1S/C17H22N4OS/c1-2-15-16(23-20-19-15)17(22)18-11-13-5-7-14(8-6-13)12-21-9-3-4-10-21/h5-8H,2-4,9-12H2,1H3,(H,18,22). The predicted molar refractivity (Wildman–Crippen MR) is 91.4 cm³/mol. The molecule has 5 nitrogen and oxygen atoms in total. The van der Waals surface area contributed by atoms with Gasteiger partial charge in [0.25, 0.3) is 5.91 Å². The van der Waals surface area contributed by atoms with E-state index in [1.807, 2.05) is 6.92 Å². The summed E-state index contributed by atoms with van der Waals surface area (Å²) in [7, 11) is 0. The van der Waals surface area contributed by atoms with E-state index in [-0.39, 0.29) is 5.91 Å². The van der Waals surface area contributed by atoms with Crippen molar-refractivity contribution in [2.75, 3.05) is 13.1 Å². The van der Waals surface area contributed by atoms with E-state index in [2.05, 4.69) is 44.1 Å². The first-order valence-electron chi connectivity index (χ1n) is 8.16. The van der Waals surface area contributed by atoms with E-state index in [1.165, 1.54) is 31.5 Å². The maximum atomic E-state index is 12.2. The second kappa shape index (κ2) is 7.66. The highest BCUT2D eigenvalue weighted by Crippen LogP contribution is 2.14. The summed E-state index contributed by atoms with van der Waals surface area (Å²) in [6, 6.07) is 8.51. The van der Waals surface area contributed by atoms with E-state index in [4.69, 9.17) is 0 Å². The van der Waals surface area contributed by atoms with Crippen LogP contribution in [0.2, 0.25) is 0 Å². The van der Waals surface area contributed by atoms with Crippen LogP contribution in [0, 0.1) is 0 Å². The summed E-state index contributed by atoms with van der Waals surface area (Å²) >= 11 is 1.16. The Morgan fingerprint density at radius 1 is 1.22 bits per heavy atom. The van der Waals surface area contributed by atoms with E-state index in [0.717, 1.165) is 35.8 Å². The molecule has 23 heavy (non-hydrogen) atoms. The monoisotopic (exact) mass is 330 g/mol. The molecule has 1 aliphatic rings. The van der Waals surface area contributed by atoms with Crippen LogP contribution >= 0.6 is 11.5 Å². The van der Waals surface area contributed by atoms with Gasteiger partial charge in [0.15, 0.2) is 0 Å². The lowest BCUT2D eigenvalue weighted by molar-refractivity contribution is 0.0954. The van der Waals surface area contributed by atoms with Crippen LogP contribution in [-0.4, -0.2) is 33.5 Å². The molecule has 3 rings (SSSR count). The van der Waals surface area contributed by atoms with Gasteiger partial charge in [0.1, 0.15) is 4.88 Å². The summed E-state index contributed by atoms with van der Waals surface area (Å²) in [4.78, 5) is 15.3. The van der Waals surface area contributed by atoms with Gasteiger partial charge in [0.05, 0.1) is 5.69 Å². The van der Waals surface area contributed by atoms with Crippen LogP contribution in [0.3, 0.4) is 0 Å². The maximum absolute atomic E-state index is 12.2. The number of hydrogen-bond acceptors (Lipinski definition) is 5. The van der Waals surface area contributed by atoms with Gasteiger partial charge in [0.2, 0.25) is 0 Å². The largest absolute Gasteiger partial charge is 0.347 e. The molecule has 6 heteroatoms. The van der Waals surface area contributed by atoms with Gasteiger partial charge in [-0.3, -0.25) is 9.69 Å². The Hall–Kier alpha value is -1.79. The number of amides is 1. The summed E-state index contributed by atoms with van der Waals surface area (Å²) in [5.74, 6) is -0.0852. The predicted octanol–water partition coefficient (Wildman–Crippen LogP) is 2.63. The Balaban J connectivity index is 1.53. The maximum Gasteiger partial charge on any atom is 0.265 e. The van der Waals surface area contributed by atoms with Crippen LogP contribution in [0.15, 0.2) is 24.3 Å². The highest BCUT2D eigenvalue weighted by atomic mass is 32.1. The Morgan fingerprint density at radius 3 is 2.61 bits per heavy atom. The Morgan fingerprint density at radius 2 is 1.91 bits per heavy atom. The number of carbonyl (C=O) groups is 1. The number of rotatable bonds is 6. The minimum Gasteiger partial charge on any atom is -0.347 e. The smallest absolute Gasteiger partial charge is 0.265 e. The lowest BCUT2D eigenvalue weighted by Crippen LogP contribution is -2.23. The molecule has 1 N–H and O–H groups in total. The average molecular weight is 330 g/mol. The molecule has 0 saturated carbocycles. The first kappa shape index (κ1) is 16.1. The van der Waals surface area contributed by atoms with Crippen molar-refractivity contribution >= 4 is 17.4 Å². The fraction of sp³-hybridized carbons (Fsp3) is 0.471. The van der Waals surface area contributed by atoms with Crippen molar-refractivity contribution in [1.82, 2.24) is 19.8 Å². The zero-order valence-corrected chi connectivity index (χ0v) is 14.2. The molecule has 1 amide bonds. The lowest BCUT2D eigenvalue weighted by Gasteiger charge is -2.14. The third kappa shape index (κ3) is 4.14. The van der Waals surface area contributed by atoms with E-state index in [0.29, 0.717) is 11.4 Å². The van der Waals surface area contributed by atoms with E-state index >= 15 is 0 Å². The van der Waals surface area contributed by atoms with Gasteiger partial charge in [-0.05, 0) is 55.0 Å². The summed E-state index contributed by atoms with van der Waals surface area (Å²) in [5, 5.41) is 6.92. The van der Waals surface area contributed by atoms with E-state index in [9.17, 15) is 4.79 Å². The summed E-state index contributed by atoms with van der Waals surface area (Å²) in [5.41, 5.74) is 3.22. The van der Waals surface area contributed by atoms with Gasteiger partial charge in [-0.2, -0.15) is 0 Å². The normalized spacial score (nSPS) is 15.0. The summed E-state index contributed by atoms with van der Waals surface area (Å²) in [6.45, 7) is 5.95. The highest BCUT2D eigenvalue weighted by Gasteiger charge is 2.14. The number of aromatic nitrogens is 2. The zero-order chi connectivity index (χ0) is 16.1. The fourth-order valence-electron chi connectivity index (χ4n) is 2.84. The molecule has 1 fully saturated rings. The molecule has 1 aliphatic heterocycles. The molecule has 1 aromatic carbocycles. The van der Waals surface area contributed by atoms with Crippen molar-refractivity contribution in [3.05, 3.63) is 46.0 Å². The molecular weight excluding hydrogens is 308 g/mol. The van der Waals surface area contributed by atoms with Gasteiger partial charge in [-0.15, -0.1) is 5.10 Å². The van der Waals surface area contributed by atoms with Gasteiger partial charge < -0.3 is 5.32 Å². The minimum absolute atomic E-state index is 0.0852. The van der Waals surface area contributed by atoms with Crippen molar-refractivity contribution in [2.24, 2.45) is 0 Å². The van der Waals surface area contributed by atoms with Gasteiger partial charge >= 0.3 is 0 Å². The molecule has 2 aromatic rings. The first-order chi connectivity index (χ1) is 11.3. The molecule has 0 unspecified atom stereocenters. The minimum atomic E-state index is -0.0852. The highest BCUT2D eigenvalue weighted by molar-refractivity contribution is 7.08. The average Bonchev–Trinajstić information content (AvgIpc) is 3.25. The zero-order valence-electron chi connectivity index (χ0n) is 13.4. The van der Waals surface area contributed by atoms with Crippen LogP contribution in [-0.2, 0) is 19.5 Å². The number of nitrogens with zero attached hydrogens (tertiary/aromatic N) is 3. The quantitative estimate of drug-likeness (QED) is 0.884. The van der Waals surface area contributed by atoms with Gasteiger partial charge in [-0.25, -0.2) is 0 Å². The van der Waals surface area contributed by atoms with Crippen LogP contribution in [0.4, 0.5) is 0 Å². The van der Waals surface area contributed by atoms with E-state index in [1.54, 1.807) is 0 Å². The molecule has 1 saturated heterocycles. The molecule has 122 valence electrons. The third-order valence-corrected chi connectivity index (χ3v) is 4.94. The lowest BCUT2D eigenvalue weighted by atomic mass is 10.1. The van der Waals surface area contributed by atoms with Gasteiger partial charge in [0, 0.05) is 13.1 Å². The van der Waals surface area contributed by atoms with Crippen LogP contribution in [0.25, 0.3) is 0 Å². The molecule has 0 aliphatic carbocycles. The molecule has 0 spiro atoms. The number of hydrogen-bond donors (Lipinski definition) is 1. The van der Waals surface area contributed by atoms with Crippen molar-refractivity contribution < 1.29 is 4.79 Å². The van der Waals surface area contributed by atoms with Crippen LogP contribution in [0.5, 0.6) is 0 Å². The second-order valence-corrected chi connectivity index (χ2v) is 6.64. The Kier molecular flexibility index (Phi) is 5.35. The summed E-state index contributed by atoms with van der Waals surface area (Å²) < 4.78 is 3.86. The van der Waals surface area contributed by atoms with Gasteiger partial charge in [-0.1, -0.05) is 35.7 Å². The Labute approximate surface area is 140 Å². The molecule has 0 bridgehead atoms. The van der Waals surface area contributed by atoms with Crippen molar-refractivity contribution in [2.45, 2.75) is 39.3 Å². The number of likely N-dealkylation sites (tertiary alicyclic amines) is 1. The number of carbonyl (C=O) groups excluding carboxylic acids is 1. The molecule has 0 radical (unpaired) electrons. The van der Waals surface area contributed by atoms with Crippen LogP contribution in [0.1, 0.15) is 46.3 Å². The topological polar surface area (TPSA) is 58.1 Å². The fourth-order valence-corrected chi connectivity index (χ4v) is 3.50. The summed E-state index contributed by atoms with van der Waals surface area (Å²) in [6.07, 6.45) is 3.36. The Bertz CT molecular complexity index is 647. The molecule has 0 atom stereocenters. The number of nitrogens with one attached hydrogen (secondary N) is 1.